The Morgan fingerprint density at radius 2 is 1.50 bits per heavy atom. The number of hydrogen-bond donors (Lipinski definition) is 3. The van der Waals surface area contributed by atoms with Crippen LogP contribution < -0.4 is 0 Å². The minimum absolute atomic E-state index is 0.205. The van der Waals surface area contributed by atoms with E-state index in [9.17, 15) is 27.7 Å². The largest absolute Gasteiger partial charge is 0.481 e. The first-order valence-corrected chi connectivity index (χ1v) is 7.83. The van der Waals surface area contributed by atoms with Crippen molar-refractivity contribution >= 4 is 22.1 Å². The van der Waals surface area contributed by atoms with Gasteiger partial charge in [-0.3, -0.25) is 14.1 Å². The molecular formula is C12H22O7S. The van der Waals surface area contributed by atoms with E-state index in [-0.39, 0.29) is 6.42 Å². The molecule has 0 aromatic rings. The van der Waals surface area contributed by atoms with Crippen molar-refractivity contribution in [1.29, 1.82) is 0 Å². The van der Waals surface area contributed by atoms with Gasteiger partial charge in [-0.05, 0) is 20.3 Å². The fraction of sp³-hybridized carbons (Fsp3) is 0.833. The van der Waals surface area contributed by atoms with E-state index in [2.05, 4.69) is 0 Å². The average Bonchev–Trinajstić information content (AvgIpc) is 2.26. The van der Waals surface area contributed by atoms with Crippen molar-refractivity contribution in [2.75, 3.05) is 0 Å². The highest BCUT2D eigenvalue weighted by Crippen LogP contribution is 2.42. The van der Waals surface area contributed by atoms with Crippen LogP contribution in [-0.2, 0) is 19.7 Å². The van der Waals surface area contributed by atoms with E-state index in [4.69, 9.17) is 5.11 Å². The van der Waals surface area contributed by atoms with E-state index >= 15 is 0 Å². The lowest BCUT2D eigenvalue weighted by molar-refractivity contribution is -0.158. The first kappa shape index (κ1) is 18.9. The van der Waals surface area contributed by atoms with Gasteiger partial charge in [0, 0.05) is 0 Å². The summed E-state index contributed by atoms with van der Waals surface area (Å²) in [7, 11) is -5.10. The maximum atomic E-state index is 11.6. The lowest BCUT2D eigenvalue weighted by atomic mass is 9.75. The fourth-order valence-corrected chi connectivity index (χ4v) is 3.58. The van der Waals surface area contributed by atoms with E-state index in [0.29, 0.717) is 6.42 Å². The van der Waals surface area contributed by atoms with Gasteiger partial charge >= 0.3 is 11.9 Å². The molecular weight excluding hydrogens is 288 g/mol. The number of rotatable bonds is 9. The molecule has 1 atom stereocenters. The molecule has 0 aromatic heterocycles. The van der Waals surface area contributed by atoms with Gasteiger partial charge in [-0.15, -0.1) is 0 Å². The Bertz CT molecular complexity index is 466. The molecule has 0 spiro atoms. The van der Waals surface area contributed by atoms with Crippen molar-refractivity contribution in [2.45, 2.75) is 57.6 Å². The molecule has 0 saturated carbocycles. The summed E-state index contributed by atoms with van der Waals surface area (Å²) in [5, 5.41) is 18.5. The van der Waals surface area contributed by atoms with Gasteiger partial charge in [-0.25, -0.2) is 0 Å². The highest BCUT2D eigenvalue weighted by Gasteiger charge is 2.64. The molecule has 7 nitrogen and oxygen atoms in total. The van der Waals surface area contributed by atoms with Crippen LogP contribution in [0.2, 0.25) is 0 Å². The predicted octanol–water partition coefficient (Wildman–Crippen LogP) is 1.78. The molecule has 8 heteroatoms. The molecule has 0 bridgehead atoms. The lowest BCUT2D eigenvalue weighted by Gasteiger charge is -2.37. The van der Waals surface area contributed by atoms with Crippen LogP contribution >= 0.6 is 0 Å². The van der Waals surface area contributed by atoms with E-state index in [1.165, 1.54) is 0 Å². The lowest BCUT2D eigenvalue weighted by Crippen LogP contribution is -2.60. The van der Waals surface area contributed by atoms with Gasteiger partial charge in [0.25, 0.3) is 10.1 Å². The van der Waals surface area contributed by atoms with Crippen LogP contribution in [-0.4, -0.2) is 39.9 Å². The quantitative estimate of drug-likeness (QED) is 0.437. The summed E-state index contributed by atoms with van der Waals surface area (Å²) in [6.45, 7) is 3.92. The highest BCUT2D eigenvalue weighted by molar-refractivity contribution is 7.88. The monoisotopic (exact) mass is 310 g/mol. The molecule has 0 aromatic carbocycles. The maximum Gasteiger partial charge on any atom is 0.328 e. The van der Waals surface area contributed by atoms with Crippen molar-refractivity contribution < 1.29 is 32.8 Å². The van der Waals surface area contributed by atoms with Crippen LogP contribution in [0.15, 0.2) is 0 Å². The van der Waals surface area contributed by atoms with Gasteiger partial charge in [-0.2, -0.15) is 8.42 Å². The van der Waals surface area contributed by atoms with Gasteiger partial charge in [0.2, 0.25) is 4.75 Å². The first-order chi connectivity index (χ1) is 8.95. The molecule has 1 unspecified atom stereocenters. The third-order valence-electron chi connectivity index (χ3n) is 3.71. The van der Waals surface area contributed by atoms with Crippen LogP contribution in [0.5, 0.6) is 0 Å². The third-order valence-corrected chi connectivity index (χ3v) is 5.48. The number of aliphatic carboxylic acids is 2. The van der Waals surface area contributed by atoms with E-state index in [1.54, 1.807) is 0 Å². The van der Waals surface area contributed by atoms with Crippen molar-refractivity contribution in [3.63, 3.8) is 0 Å². The summed E-state index contributed by atoms with van der Waals surface area (Å²) in [6.07, 6.45) is 1.96. The Labute approximate surface area is 118 Å². The maximum absolute atomic E-state index is 11.6. The minimum atomic E-state index is -5.10. The Morgan fingerprint density at radius 3 is 1.80 bits per heavy atom. The second-order valence-corrected chi connectivity index (χ2v) is 7.00. The van der Waals surface area contributed by atoms with Gasteiger partial charge in [0.1, 0.15) is 0 Å². The third kappa shape index (κ3) is 3.29. The number of unbranched alkanes of at least 4 members (excludes halogenated alkanes) is 3. The van der Waals surface area contributed by atoms with Gasteiger partial charge < -0.3 is 10.2 Å². The summed E-state index contributed by atoms with van der Waals surface area (Å²) in [4.78, 5) is 22.7. The Balaban J connectivity index is 5.77. The molecule has 118 valence electrons. The van der Waals surface area contributed by atoms with Crippen LogP contribution in [0.25, 0.3) is 0 Å². The highest BCUT2D eigenvalue weighted by atomic mass is 32.2. The molecule has 0 saturated heterocycles. The van der Waals surface area contributed by atoms with E-state index in [0.717, 1.165) is 26.7 Å². The van der Waals surface area contributed by atoms with Crippen molar-refractivity contribution in [2.24, 2.45) is 5.41 Å². The Kier molecular flexibility index (Phi) is 6.16. The van der Waals surface area contributed by atoms with E-state index in [1.807, 2.05) is 6.92 Å². The SMILES string of the molecule is CCCCCCC(C(=O)O)(C(C)(C)C(=O)O)S(=O)(=O)O. The molecule has 20 heavy (non-hydrogen) atoms. The fourth-order valence-electron chi connectivity index (χ4n) is 2.22. The van der Waals surface area contributed by atoms with Crippen molar-refractivity contribution in [1.82, 2.24) is 0 Å². The van der Waals surface area contributed by atoms with Crippen LogP contribution in [0.4, 0.5) is 0 Å². The predicted molar refractivity (Wildman–Crippen MR) is 72.1 cm³/mol. The zero-order chi connectivity index (χ0) is 16.2. The molecule has 0 radical (unpaired) electrons. The topological polar surface area (TPSA) is 129 Å². The normalized spacial score (nSPS) is 15.6. The van der Waals surface area contributed by atoms with E-state index < -0.39 is 38.6 Å². The average molecular weight is 310 g/mol. The molecule has 0 amide bonds. The van der Waals surface area contributed by atoms with Gasteiger partial charge in [0.15, 0.2) is 0 Å². The number of carbonyl (C=O) groups is 2. The minimum Gasteiger partial charge on any atom is -0.481 e. The summed E-state index contributed by atoms with van der Waals surface area (Å²) in [6, 6.07) is 0. The zero-order valence-corrected chi connectivity index (χ0v) is 12.7. The number of hydrogen-bond acceptors (Lipinski definition) is 4. The van der Waals surface area contributed by atoms with Crippen LogP contribution in [0.1, 0.15) is 52.9 Å². The van der Waals surface area contributed by atoms with Gasteiger partial charge in [-0.1, -0.05) is 32.6 Å². The molecule has 0 rings (SSSR count). The number of carboxylic acids is 2. The Morgan fingerprint density at radius 1 is 1.00 bits per heavy atom. The van der Waals surface area contributed by atoms with Crippen LogP contribution in [0, 0.1) is 5.41 Å². The smallest absolute Gasteiger partial charge is 0.328 e. The first-order valence-electron chi connectivity index (χ1n) is 6.39. The van der Waals surface area contributed by atoms with Crippen molar-refractivity contribution in [3.05, 3.63) is 0 Å². The van der Waals surface area contributed by atoms with Crippen molar-refractivity contribution in [3.8, 4) is 0 Å². The zero-order valence-electron chi connectivity index (χ0n) is 11.9. The molecule has 0 fully saturated rings. The summed E-state index contributed by atoms with van der Waals surface area (Å²) in [5.74, 6) is -3.43. The molecule has 0 aliphatic heterocycles. The molecule has 0 aliphatic carbocycles. The van der Waals surface area contributed by atoms with Gasteiger partial charge in [0.05, 0.1) is 5.41 Å². The molecule has 3 N–H and O–H groups in total. The summed E-state index contributed by atoms with van der Waals surface area (Å²) in [5.41, 5.74) is -2.15. The number of carboxylic acid groups (broad SMARTS) is 2. The second-order valence-electron chi connectivity index (χ2n) is 5.35. The molecule has 0 aliphatic rings. The molecule has 0 heterocycles. The van der Waals surface area contributed by atoms with Crippen LogP contribution in [0.3, 0.4) is 0 Å². The Hall–Kier alpha value is -1.15. The summed E-state index contributed by atoms with van der Waals surface area (Å²) >= 11 is 0. The second kappa shape index (κ2) is 6.53. The standard InChI is InChI=1S/C12H22O7S/c1-4-5-6-7-8-12(10(15)16,20(17,18)19)11(2,3)9(13)14/h4-8H2,1-3H3,(H,13,14)(H,15,16)(H,17,18,19). The summed E-state index contributed by atoms with van der Waals surface area (Å²) < 4.78 is 29.9.